The van der Waals surface area contributed by atoms with Crippen LogP contribution in [0.2, 0.25) is 0 Å². The number of nitrogens with zero attached hydrogens (tertiary/aromatic N) is 2. The smallest absolute Gasteiger partial charge is 0.374 e. The van der Waals surface area contributed by atoms with Crippen molar-refractivity contribution in [3.05, 3.63) is 102 Å². The lowest BCUT2D eigenvalue weighted by Crippen LogP contribution is -2.04. The highest BCUT2D eigenvalue weighted by Gasteiger charge is 2.13. The van der Waals surface area contributed by atoms with E-state index in [1.807, 2.05) is 66.9 Å². The van der Waals surface area contributed by atoms with Gasteiger partial charge in [-0.3, -0.25) is 0 Å². The molecule has 0 aliphatic carbocycles. The molecule has 0 aliphatic rings. The molecule has 0 fully saturated rings. The highest BCUT2D eigenvalue weighted by molar-refractivity contribution is 5.86. The van der Waals surface area contributed by atoms with Crippen molar-refractivity contribution in [2.45, 2.75) is 13.2 Å². The van der Waals surface area contributed by atoms with Gasteiger partial charge < -0.3 is 13.9 Å². The monoisotopic (exact) mass is 374 g/mol. The molecule has 0 amide bonds. The SMILES string of the molecule is O=C(OCc1ccc(-n2cccn2)cc1)c1ccc(COc2ccccc2)o1. The largest absolute Gasteiger partial charge is 0.486 e. The summed E-state index contributed by atoms with van der Waals surface area (Å²) in [6.45, 7) is 0.404. The average molecular weight is 374 g/mol. The molecule has 140 valence electrons. The molecule has 4 aromatic rings. The van der Waals surface area contributed by atoms with E-state index in [0.717, 1.165) is 17.0 Å². The number of carbonyl (C=O) groups excluding carboxylic acids is 1. The predicted molar refractivity (Wildman–Crippen MR) is 102 cm³/mol. The Labute approximate surface area is 161 Å². The van der Waals surface area contributed by atoms with Gasteiger partial charge in [0.1, 0.15) is 24.7 Å². The summed E-state index contributed by atoms with van der Waals surface area (Å²) in [5.74, 6) is 0.933. The summed E-state index contributed by atoms with van der Waals surface area (Å²) in [5, 5.41) is 4.18. The number of benzene rings is 2. The van der Waals surface area contributed by atoms with E-state index in [1.165, 1.54) is 0 Å². The molecule has 28 heavy (non-hydrogen) atoms. The lowest BCUT2D eigenvalue weighted by molar-refractivity contribution is 0.0432. The van der Waals surface area contributed by atoms with E-state index in [0.29, 0.717) is 5.76 Å². The first-order valence-corrected chi connectivity index (χ1v) is 8.80. The van der Waals surface area contributed by atoms with E-state index in [1.54, 1.807) is 23.0 Å². The average Bonchev–Trinajstić information content (AvgIpc) is 3.44. The highest BCUT2D eigenvalue weighted by Crippen LogP contribution is 2.15. The van der Waals surface area contributed by atoms with Gasteiger partial charge in [-0.2, -0.15) is 5.10 Å². The van der Waals surface area contributed by atoms with Crippen molar-refractivity contribution in [1.29, 1.82) is 0 Å². The molecule has 0 saturated carbocycles. The van der Waals surface area contributed by atoms with Gasteiger partial charge in [0, 0.05) is 12.4 Å². The van der Waals surface area contributed by atoms with Crippen LogP contribution in [0.3, 0.4) is 0 Å². The summed E-state index contributed by atoms with van der Waals surface area (Å²) in [6, 6.07) is 22.2. The van der Waals surface area contributed by atoms with E-state index in [4.69, 9.17) is 13.9 Å². The zero-order valence-corrected chi connectivity index (χ0v) is 15.0. The summed E-state index contributed by atoms with van der Waals surface area (Å²) in [4.78, 5) is 12.2. The molecule has 0 aliphatic heterocycles. The van der Waals surface area contributed by atoms with Gasteiger partial charge >= 0.3 is 5.97 Å². The van der Waals surface area contributed by atoms with Crippen molar-refractivity contribution in [1.82, 2.24) is 9.78 Å². The van der Waals surface area contributed by atoms with Crippen molar-refractivity contribution in [3.63, 3.8) is 0 Å². The lowest BCUT2D eigenvalue weighted by atomic mass is 10.2. The van der Waals surface area contributed by atoms with Gasteiger partial charge in [0.05, 0.1) is 5.69 Å². The van der Waals surface area contributed by atoms with Crippen molar-refractivity contribution >= 4 is 5.97 Å². The number of hydrogen-bond acceptors (Lipinski definition) is 5. The third kappa shape index (κ3) is 4.29. The van der Waals surface area contributed by atoms with E-state index in [-0.39, 0.29) is 19.0 Å². The second-order valence-corrected chi connectivity index (χ2v) is 6.06. The summed E-state index contributed by atoms with van der Waals surface area (Å²) in [6.07, 6.45) is 3.59. The second-order valence-electron chi connectivity index (χ2n) is 6.06. The number of carbonyl (C=O) groups is 1. The van der Waals surface area contributed by atoms with E-state index in [9.17, 15) is 4.79 Å². The molecule has 0 bridgehead atoms. The predicted octanol–water partition coefficient (Wildman–Crippen LogP) is 4.40. The Bertz CT molecular complexity index is 1020. The number of esters is 1. The molecule has 0 N–H and O–H groups in total. The number of para-hydroxylation sites is 1. The maximum absolute atomic E-state index is 12.2. The van der Waals surface area contributed by atoms with Gasteiger partial charge in [0.15, 0.2) is 0 Å². The minimum atomic E-state index is -0.512. The molecule has 0 radical (unpaired) electrons. The molecule has 4 rings (SSSR count). The van der Waals surface area contributed by atoms with Gasteiger partial charge in [-0.15, -0.1) is 0 Å². The van der Waals surface area contributed by atoms with Gasteiger partial charge in [-0.25, -0.2) is 9.48 Å². The molecule has 6 nitrogen and oxygen atoms in total. The maximum atomic E-state index is 12.2. The molecule has 2 aromatic heterocycles. The lowest BCUT2D eigenvalue weighted by Gasteiger charge is -2.06. The molecule has 0 atom stereocenters. The Morgan fingerprint density at radius 2 is 1.75 bits per heavy atom. The summed E-state index contributed by atoms with van der Waals surface area (Å²) in [5.41, 5.74) is 1.82. The van der Waals surface area contributed by atoms with Crippen LogP contribution in [0.4, 0.5) is 0 Å². The Hall–Kier alpha value is -3.80. The summed E-state index contributed by atoms with van der Waals surface area (Å²) >= 11 is 0. The molecular formula is C22H18N2O4. The topological polar surface area (TPSA) is 66.5 Å². The van der Waals surface area contributed by atoms with Crippen LogP contribution in [0.5, 0.6) is 5.75 Å². The highest BCUT2D eigenvalue weighted by atomic mass is 16.5. The van der Waals surface area contributed by atoms with Crippen LogP contribution in [0.1, 0.15) is 21.9 Å². The van der Waals surface area contributed by atoms with Gasteiger partial charge in [0.2, 0.25) is 5.76 Å². The fourth-order valence-electron chi connectivity index (χ4n) is 2.62. The van der Waals surface area contributed by atoms with E-state index >= 15 is 0 Å². The van der Waals surface area contributed by atoms with E-state index < -0.39 is 5.97 Å². The Morgan fingerprint density at radius 3 is 2.50 bits per heavy atom. The minimum Gasteiger partial charge on any atom is -0.486 e. The standard InChI is InChI=1S/C22H18N2O4/c25-22(21-12-11-20(28-21)16-26-19-5-2-1-3-6-19)27-15-17-7-9-18(10-8-17)24-14-4-13-23-24/h1-14H,15-16H2. The summed E-state index contributed by atoms with van der Waals surface area (Å²) in [7, 11) is 0. The van der Waals surface area contributed by atoms with Crippen molar-refractivity contribution in [3.8, 4) is 11.4 Å². The van der Waals surface area contributed by atoms with Crippen molar-refractivity contribution < 1.29 is 18.7 Å². The van der Waals surface area contributed by atoms with Crippen molar-refractivity contribution in [2.75, 3.05) is 0 Å². The first-order valence-electron chi connectivity index (χ1n) is 8.80. The number of aromatic nitrogens is 2. The van der Waals surface area contributed by atoms with Crippen LogP contribution in [-0.2, 0) is 18.0 Å². The second kappa shape index (κ2) is 8.26. The fourth-order valence-corrected chi connectivity index (χ4v) is 2.62. The zero-order valence-electron chi connectivity index (χ0n) is 15.0. The molecule has 2 heterocycles. The maximum Gasteiger partial charge on any atom is 0.374 e. The normalized spacial score (nSPS) is 10.6. The van der Waals surface area contributed by atoms with Gasteiger partial charge in [0.25, 0.3) is 0 Å². The van der Waals surface area contributed by atoms with Crippen LogP contribution in [-0.4, -0.2) is 15.7 Å². The third-order valence-corrected chi connectivity index (χ3v) is 4.06. The van der Waals surface area contributed by atoms with Crippen molar-refractivity contribution in [2.24, 2.45) is 0 Å². The molecular weight excluding hydrogens is 356 g/mol. The van der Waals surface area contributed by atoms with Gasteiger partial charge in [-0.1, -0.05) is 30.3 Å². The van der Waals surface area contributed by atoms with Crippen LogP contribution >= 0.6 is 0 Å². The van der Waals surface area contributed by atoms with Crippen LogP contribution < -0.4 is 4.74 Å². The molecule has 0 spiro atoms. The Balaban J connectivity index is 1.30. The number of furan rings is 1. The minimum absolute atomic E-state index is 0.153. The Kier molecular flexibility index (Phi) is 5.20. The fraction of sp³-hybridized carbons (Fsp3) is 0.0909. The molecule has 6 heteroatoms. The summed E-state index contributed by atoms with van der Waals surface area (Å²) < 4.78 is 18.2. The first kappa shape index (κ1) is 17.6. The van der Waals surface area contributed by atoms with Crippen LogP contribution in [0.25, 0.3) is 5.69 Å². The number of hydrogen-bond donors (Lipinski definition) is 0. The first-order chi connectivity index (χ1) is 13.8. The zero-order chi connectivity index (χ0) is 19.2. The quantitative estimate of drug-likeness (QED) is 0.449. The van der Waals surface area contributed by atoms with Gasteiger partial charge in [-0.05, 0) is 48.0 Å². The molecule has 2 aromatic carbocycles. The van der Waals surface area contributed by atoms with Crippen LogP contribution in [0, 0.1) is 0 Å². The number of ether oxygens (including phenoxy) is 2. The van der Waals surface area contributed by atoms with E-state index in [2.05, 4.69) is 5.10 Å². The third-order valence-electron chi connectivity index (χ3n) is 4.06. The molecule has 0 saturated heterocycles. The number of rotatable bonds is 7. The Morgan fingerprint density at radius 1 is 0.929 bits per heavy atom. The van der Waals surface area contributed by atoms with Crippen LogP contribution in [0.15, 0.2) is 89.6 Å². The molecule has 0 unspecified atom stereocenters.